The summed E-state index contributed by atoms with van der Waals surface area (Å²) in [5.41, 5.74) is 2.45. The quantitative estimate of drug-likeness (QED) is 0.809. The van der Waals surface area contributed by atoms with Crippen LogP contribution in [0.4, 0.5) is 0 Å². The van der Waals surface area contributed by atoms with E-state index < -0.39 is 10.0 Å². The molecule has 6 heteroatoms. The average Bonchev–Trinajstić information content (AvgIpc) is 3.06. The Morgan fingerprint density at radius 2 is 1.87 bits per heavy atom. The van der Waals surface area contributed by atoms with Crippen LogP contribution in [0.2, 0.25) is 0 Å². The molecule has 1 aliphatic rings. The van der Waals surface area contributed by atoms with Gasteiger partial charge in [-0.3, -0.25) is 0 Å². The molecule has 0 amide bonds. The van der Waals surface area contributed by atoms with Crippen LogP contribution < -0.4 is 0 Å². The monoisotopic (exact) mass is 388 g/mol. The molecule has 0 N–H and O–H groups in total. The van der Waals surface area contributed by atoms with Crippen molar-refractivity contribution in [3.63, 3.8) is 0 Å². The highest BCUT2D eigenvalue weighted by molar-refractivity contribution is 9.10. The number of hydrogen-bond acceptors (Lipinski definition) is 3. The summed E-state index contributed by atoms with van der Waals surface area (Å²) in [5, 5.41) is 8.94. The molecule has 2 aromatic rings. The van der Waals surface area contributed by atoms with Crippen molar-refractivity contribution in [1.82, 2.24) is 4.31 Å². The number of nitriles is 1. The summed E-state index contributed by atoms with van der Waals surface area (Å²) in [6.07, 6.45) is 1.94. The van der Waals surface area contributed by atoms with Gasteiger partial charge in [0.05, 0.1) is 10.5 Å². The first-order valence-corrected chi connectivity index (χ1v) is 9.20. The van der Waals surface area contributed by atoms with Gasteiger partial charge in [-0.2, -0.15) is 9.57 Å². The molecule has 3 rings (SSSR count). The van der Waals surface area contributed by atoms with E-state index in [1.807, 2.05) is 42.5 Å². The summed E-state index contributed by atoms with van der Waals surface area (Å²) in [6.45, 7) is 0.703. The van der Waals surface area contributed by atoms with Gasteiger partial charge in [-0.05, 0) is 45.3 Å². The molecule has 0 spiro atoms. The van der Waals surface area contributed by atoms with Crippen LogP contribution in [-0.2, 0) is 10.0 Å². The Bertz CT molecular complexity index is 915. The van der Waals surface area contributed by atoms with E-state index in [9.17, 15) is 8.42 Å². The summed E-state index contributed by atoms with van der Waals surface area (Å²) in [6, 6.07) is 16.2. The van der Waals surface area contributed by atoms with Crippen LogP contribution in [0.5, 0.6) is 0 Å². The van der Waals surface area contributed by atoms with E-state index in [2.05, 4.69) is 15.9 Å². The van der Waals surface area contributed by atoms with Crippen LogP contribution in [-0.4, -0.2) is 25.8 Å². The molecule has 0 unspecified atom stereocenters. The van der Waals surface area contributed by atoms with Gasteiger partial charge in [-0.15, -0.1) is 0 Å². The first kappa shape index (κ1) is 15.9. The number of hydrogen-bond donors (Lipinski definition) is 0. The largest absolute Gasteiger partial charge is 0.243 e. The van der Waals surface area contributed by atoms with Crippen molar-refractivity contribution in [1.29, 1.82) is 5.26 Å². The van der Waals surface area contributed by atoms with Crippen molar-refractivity contribution in [2.24, 2.45) is 0 Å². The molecule has 0 radical (unpaired) electrons. The van der Waals surface area contributed by atoms with E-state index >= 15 is 0 Å². The van der Waals surface area contributed by atoms with Crippen molar-refractivity contribution in [3.05, 3.63) is 70.2 Å². The molecule has 0 saturated carbocycles. The van der Waals surface area contributed by atoms with E-state index in [1.54, 1.807) is 0 Å². The lowest BCUT2D eigenvalue weighted by Gasteiger charge is -2.17. The molecule has 1 heterocycles. The predicted molar refractivity (Wildman–Crippen MR) is 92.0 cm³/mol. The standard InChI is InChI=1S/C17H13BrN2O2S/c18-17-10-16(7-6-14(17)11-19)23(21,22)20-9-8-15(12-20)13-4-2-1-3-5-13/h1-8,10H,9,12H2. The first-order chi connectivity index (χ1) is 11.0. The second kappa shape index (κ2) is 6.28. The summed E-state index contributed by atoms with van der Waals surface area (Å²) in [5.74, 6) is 0. The maximum absolute atomic E-state index is 12.8. The molecule has 4 nitrogen and oxygen atoms in total. The molecule has 0 saturated heterocycles. The molecule has 116 valence electrons. The number of rotatable bonds is 3. The van der Waals surface area contributed by atoms with Crippen LogP contribution in [0.25, 0.3) is 5.57 Å². The topological polar surface area (TPSA) is 61.2 Å². The lowest BCUT2D eigenvalue weighted by Crippen LogP contribution is -2.29. The van der Waals surface area contributed by atoms with Gasteiger partial charge in [0.25, 0.3) is 0 Å². The van der Waals surface area contributed by atoms with Crippen molar-refractivity contribution >= 4 is 31.5 Å². The Morgan fingerprint density at radius 1 is 1.13 bits per heavy atom. The molecule has 0 aromatic heterocycles. The molecule has 0 bridgehead atoms. The van der Waals surface area contributed by atoms with Gasteiger partial charge in [0.2, 0.25) is 10.0 Å². The van der Waals surface area contributed by atoms with E-state index in [0.717, 1.165) is 11.1 Å². The van der Waals surface area contributed by atoms with Crippen LogP contribution >= 0.6 is 15.9 Å². The number of benzene rings is 2. The molecule has 2 aromatic carbocycles. The van der Waals surface area contributed by atoms with Crippen LogP contribution in [0.1, 0.15) is 11.1 Å². The minimum absolute atomic E-state index is 0.186. The Morgan fingerprint density at radius 3 is 2.52 bits per heavy atom. The third kappa shape index (κ3) is 3.08. The van der Waals surface area contributed by atoms with Crippen molar-refractivity contribution in [2.45, 2.75) is 4.90 Å². The summed E-state index contributed by atoms with van der Waals surface area (Å²) < 4.78 is 27.4. The number of sulfonamides is 1. The lowest BCUT2D eigenvalue weighted by atomic mass is 10.1. The second-order valence-electron chi connectivity index (χ2n) is 5.15. The summed E-state index contributed by atoms with van der Waals surface area (Å²) >= 11 is 3.24. The zero-order valence-electron chi connectivity index (χ0n) is 12.1. The SMILES string of the molecule is N#Cc1ccc(S(=O)(=O)N2CC=C(c3ccccc3)C2)cc1Br. The minimum Gasteiger partial charge on any atom is -0.207 e. The van der Waals surface area contributed by atoms with Crippen LogP contribution in [0.15, 0.2) is 64.0 Å². The molecule has 0 fully saturated rings. The van der Waals surface area contributed by atoms with Gasteiger partial charge >= 0.3 is 0 Å². The zero-order chi connectivity index (χ0) is 16.4. The van der Waals surface area contributed by atoms with Crippen LogP contribution in [0.3, 0.4) is 0 Å². The molecular formula is C17H13BrN2O2S. The second-order valence-corrected chi connectivity index (χ2v) is 7.94. The van der Waals surface area contributed by atoms with Gasteiger partial charge < -0.3 is 0 Å². The predicted octanol–water partition coefficient (Wildman–Crippen LogP) is 3.41. The Kier molecular flexibility index (Phi) is 4.35. The fourth-order valence-electron chi connectivity index (χ4n) is 2.47. The lowest BCUT2D eigenvalue weighted by molar-refractivity contribution is 0.490. The molecule has 23 heavy (non-hydrogen) atoms. The molecular weight excluding hydrogens is 376 g/mol. The third-order valence-corrected chi connectivity index (χ3v) is 6.20. The highest BCUT2D eigenvalue weighted by Gasteiger charge is 2.28. The zero-order valence-corrected chi connectivity index (χ0v) is 14.5. The maximum atomic E-state index is 12.8. The average molecular weight is 389 g/mol. The van der Waals surface area contributed by atoms with Gasteiger partial charge in [0.15, 0.2) is 0 Å². The normalized spacial score (nSPS) is 15.2. The van der Waals surface area contributed by atoms with Crippen LogP contribution in [0, 0.1) is 11.3 Å². The van der Waals surface area contributed by atoms with E-state index in [1.165, 1.54) is 22.5 Å². The smallest absolute Gasteiger partial charge is 0.207 e. The summed E-state index contributed by atoms with van der Waals surface area (Å²) in [4.78, 5) is 0.186. The van der Waals surface area contributed by atoms with Gasteiger partial charge in [0, 0.05) is 17.6 Å². The van der Waals surface area contributed by atoms with E-state index in [0.29, 0.717) is 23.1 Å². The molecule has 0 aliphatic carbocycles. The summed E-state index contributed by atoms with van der Waals surface area (Å²) in [7, 11) is -3.59. The van der Waals surface area contributed by atoms with E-state index in [4.69, 9.17) is 5.26 Å². The van der Waals surface area contributed by atoms with Crippen molar-refractivity contribution in [2.75, 3.05) is 13.1 Å². The number of halogens is 1. The van der Waals surface area contributed by atoms with Crippen molar-refractivity contribution in [3.8, 4) is 6.07 Å². The first-order valence-electron chi connectivity index (χ1n) is 6.96. The number of nitrogens with zero attached hydrogens (tertiary/aromatic N) is 2. The van der Waals surface area contributed by atoms with Gasteiger partial charge in [0.1, 0.15) is 6.07 Å². The highest BCUT2D eigenvalue weighted by atomic mass is 79.9. The fourth-order valence-corrected chi connectivity index (χ4v) is 4.48. The molecule has 1 aliphatic heterocycles. The fraction of sp³-hybridized carbons (Fsp3) is 0.118. The Hall–Kier alpha value is -1.94. The Balaban J connectivity index is 1.86. The Labute approximate surface area is 143 Å². The third-order valence-electron chi connectivity index (χ3n) is 3.73. The van der Waals surface area contributed by atoms with E-state index in [-0.39, 0.29) is 4.90 Å². The molecule has 0 atom stereocenters. The van der Waals surface area contributed by atoms with Crippen molar-refractivity contribution < 1.29 is 8.42 Å². The highest BCUT2D eigenvalue weighted by Crippen LogP contribution is 2.28. The minimum atomic E-state index is -3.59. The maximum Gasteiger partial charge on any atom is 0.243 e. The van der Waals surface area contributed by atoms with Gasteiger partial charge in [-0.25, -0.2) is 8.42 Å². The van der Waals surface area contributed by atoms with Gasteiger partial charge in [-0.1, -0.05) is 36.4 Å².